The molecule has 0 aromatic heterocycles. The number of β-amino-alcohol motifs (C(OH)–C–C–N with tert-alkyl or cyclic N) is 1. The number of likely N-dealkylation sites (tertiary alicyclic amines) is 1. The van der Waals surface area contributed by atoms with Crippen LogP contribution < -0.4 is 27.0 Å². The predicted octanol–water partition coefficient (Wildman–Crippen LogP) is 1.15. The van der Waals surface area contributed by atoms with E-state index in [9.17, 15) is 33.9 Å². The maximum absolute atomic E-state index is 13.7. The van der Waals surface area contributed by atoms with Gasteiger partial charge < -0.3 is 41.6 Å². The number of rotatable bonds is 18. The van der Waals surface area contributed by atoms with Gasteiger partial charge in [-0.05, 0) is 64.0 Å². The van der Waals surface area contributed by atoms with E-state index in [0.29, 0.717) is 25.8 Å². The van der Waals surface area contributed by atoms with Crippen molar-refractivity contribution in [3.63, 3.8) is 0 Å². The third-order valence-electron chi connectivity index (χ3n) is 8.80. The topological polar surface area (TPSA) is 218 Å². The van der Waals surface area contributed by atoms with Crippen molar-refractivity contribution in [3.8, 4) is 0 Å². The summed E-state index contributed by atoms with van der Waals surface area (Å²) in [5.74, 6) is -3.55. The number of nitrogens with zero attached hydrogens (tertiary/aromatic N) is 1. The van der Waals surface area contributed by atoms with Crippen LogP contribution in [0.4, 0.5) is 4.79 Å². The van der Waals surface area contributed by atoms with E-state index in [4.69, 9.17) is 15.2 Å². The highest BCUT2D eigenvalue weighted by Crippen LogP contribution is 2.21. The molecule has 15 heteroatoms. The zero-order chi connectivity index (χ0) is 38.5. The van der Waals surface area contributed by atoms with Gasteiger partial charge in [-0.2, -0.15) is 0 Å². The van der Waals surface area contributed by atoms with E-state index < -0.39 is 84.0 Å². The summed E-state index contributed by atoms with van der Waals surface area (Å²) >= 11 is 0. The third kappa shape index (κ3) is 14.1. The van der Waals surface area contributed by atoms with E-state index >= 15 is 0 Å². The predicted molar refractivity (Wildman–Crippen MR) is 190 cm³/mol. The Balaban J connectivity index is 2.26. The Kier molecular flexibility index (Phi) is 16.8. The van der Waals surface area contributed by atoms with Gasteiger partial charge in [0.2, 0.25) is 23.6 Å². The zero-order valence-electron chi connectivity index (χ0n) is 31.2. The molecular weight excluding hydrogens is 660 g/mol. The van der Waals surface area contributed by atoms with Crippen molar-refractivity contribution in [2.24, 2.45) is 17.6 Å². The molecule has 0 radical (unpaired) electrons. The first-order valence-corrected chi connectivity index (χ1v) is 17.6. The van der Waals surface area contributed by atoms with E-state index in [1.54, 1.807) is 39.5 Å². The van der Waals surface area contributed by atoms with E-state index in [1.165, 1.54) is 7.11 Å². The van der Waals surface area contributed by atoms with Gasteiger partial charge in [0.05, 0.1) is 31.7 Å². The minimum Gasteiger partial charge on any atom is -0.467 e. The Hall–Kier alpha value is -4.24. The fourth-order valence-electron chi connectivity index (χ4n) is 5.82. The summed E-state index contributed by atoms with van der Waals surface area (Å²) in [5, 5.41) is 22.4. The zero-order valence-corrected chi connectivity index (χ0v) is 31.2. The number of methoxy groups -OCH3 is 1. The number of nitrogens with two attached hydrogens (primary N) is 1. The second-order valence-electron chi connectivity index (χ2n) is 14.5. The molecule has 51 heavy (non-hydrogen) atoms. The number of esters is 1. The van der Waals surface area contributed by atoms with Crippen molar-refractivity contribution in [1.82, 2.24) is 26.2 Å². The number of primary amides is 1. The molecule has 7 atom stereocenters. The van der Waals surface area contributed by atoms with Gasteiger partial charge in [-0.25, -0.2) is 9.59 Å². The molecule has 1 aliphatic rings. The summed E-state index contributed by atoms with van der Waals surface area (Å²) in [6, 6.07) is 4.39. The number of alkyl carbamates (subject to hydrolysis) is 1. The first-order chi connectivity index (χ1) is 23.9. The lowest BCUT2D eigenvalue weighted by molar-refractivity contribution is -0.147. The highest BCUT2D eigenvalue weighted by molar-refractivity contribution is 5.92. The molecule has 1 fully saturated rings. The average molecular weight is 719 g/mol. The van der Waals surface area contributed by atoms with Crippen molar-refractivity contribution >= 4 is 35.7 Å². The minimum absolute atomic E-state index is 0.00614. The van der Waals surface area contributed by atoms with Gasteiger partial charge in [0.15, 0.2) is 0 Å². The first kappa shape index (κ1) is 42.9. The number of hydrogen-bond donors (Lipinski definition) is 6. The molecule has 15 nitrogen and oxygen atoms in total. The highest BCUT2D eigenvalue weighted by atomic mass is 16.6. The monoisotopic (exact) mass is 718 g/mol. The summed E-state index contributed by atoms with van der Waals surface area (Å²) in [6.45, 7) is 12.7. The Morgan fingerprint density at radius 3 is 2.16 bits per heavy atom. The van der Waals surface area contributed by atoms with Crippen molar-refractivity contribution in [1.29, 1.82) is 0 Å². The SMILES string of the molecule is CCC(C)[C@H](NC(=O)[C@@H]1CCCN1CC(O)[C@H](Cc1ccccc1)NC(=O)[C@H](CC(N)=O)NC(=O)OC(C)(C)C)C(=O)N[C@H](C(=O)OC)C(C)C. The lowest BCUT2D eigenvalue weighted by Crippen LogP contribution is -2.59. The molecule has 5 amide bonds. The molecule has 0 aliphatic carbocycles. The second-order valence-corrected chi connectivity index (χ2v) is 14.5. The lowest BCUT2D eigenvalue weighted by atomic mass is 9.96. The molecule has 1 saturated heterocycles. The Morgan fingerprint density at radius 2 is 1.61 bits per heavy atom. The maximum Gasteiger partial charge on any atom is 0.408 e. The molecule has 1 heterocycles. The van der Waals surface area contributed by atoms with Crippen LogP contribution in [-0.2, 0) is 39.9 Å². The van der Waals surface area contributed by atoms with Crippen LogP contribution in [0.2, 0.25) is 0 Å². The molecule has 2 rings (SSSR count). The largest absolute Gasteiger partial charge is 0.467 e. The number of aliphatic hydroxyl groups is 1. The number of carbonyl (C=O) groups is 6. The molecule has 1 aromatic carbocycles. The van der Waals surface area contributed by atoms with Crippen molar-refractivity contribution in [2.75, 3.05) is 20.2 Å². The van der Waals surface area contributed by atoms with Crippen LogP contribution in [0.1, 0.15) is 79.7 Å². The van der Waals surface area contributed by atoms with Crippen LogP contribution in [0.15, 0.2) is 30.3 Å². The standard InChI is InChI=1S/C36H58N6O9/c1-9-22(4)30(33(47)40-29(21(2)3)34(48)50-8)41-32(46)26-16-13-17-42(26)20-27(43)24(18-23-14-11-10-12-15-23)38-31(45)25(19-28(37)44)39-35(49)51-36(5,6)7/h10-12,14-15,21-22,24-27,29-30,43H,9,13,16-20H2,1-8H3,(H2,37,44)(H,38,45)(H,39,49)(H,40,47)(H,41,46)/t22?,24-,25-,26-,27?,29-,30-/m0/s1. The fourth-order valence-corrected chi connectivity index (χ4v) is 5.82. The van der Waals surface area contributed by atoms with Gasteiger partial charge in [0.1, 0.15) is 23.7 Å². The summed E-state index contributed by atoms with van der Waals surface area (Å²) in [5.41, 5.74) is 5.33. The normalized spacial score (nSPS) is 18.4. The molecule has 0 saturated carbocycles. The van der Waals surface area contributed by atoms with Crippen LogP contribution in [0.3, 0.4) is 0 Å². The Labute approximate surface area is 301 Å². The molecular formula is C36H58N6O9. The maximum atomic E-state index is 13.7. The van der Waals surface area contributed by atoms with Crippen LogP contribution in [-0.4, -0.2) is 108 Å². The lowest BCUT2D eigenvalue weighted by Gasteiger charge is -2.33. The second kappa shape index (κ2) is 20.0. The first-order valence-electron chi connectivity index (χ1n) is 17.6. The number of amides is 5. The van der Waals surface area contributed by atoms with Gasteiger partial charge in [-0.1, -0.05) is 64.4 Å². The van der Waals surface area contributed by atoms with E-state index in [-0.39, 0.29) is 24.8 Å². The van der Waals surface area contributed by atoms with E-state index in [2.05, 4.69) is 21.3 Å². The van der Waals surface area contributed by atoms with Gasteiger partial charge in [-0.15, -0.1) is 0 Å². The smallest absolute Gasteiger partial charge is 0.408 e. The average Bonchev–Trinajstić information content (AvgIpc) is 3.51. The minimum atomic E-state index is -1.37. The molecule has 1 aromatic rings. The van der Waals surface area contributed by atoms with E-state index in [1.807, 2.05) is 44.2 Å². The Bertz CT molecular complexity index is 1340. The number of benzene rings is 1. The van der Waals surface area contributed by atoms with Crippen molar-refractivity contribution in [3.05, 3.63) is 35.9 Å². The Morgan fingerprint density at radius 1 is 0.961 bits per heavy atom. The van der Waals surface area contributed by atoms with Crippen LogP contribution >= 0.6 is 0 Å². The highest BCUT2D eigenvalue weighted by Gasteiger charge is 2.38. The summed E-state index contributed by atoms with van der Waals surface area (Å²) < 4.78 is 10.1. The van der Waals surface area contributed by atoms with Gasteiger partial charge in [-0.3, -0.25) is 24.1 Å². The quantitative estimate of drug-likeness (QED) is 0.119. The number of hydrogen-bond acceptors (Lipinski definition) is 10. The molecule has 0 bridgehead atoms. The van der Waals surface area contributed by atoms with Crippen LogP contribution in [0, 0.1) is 11.8 Å². The molecule has 7 N–H and O–H groups in total. The molecule has 1 aliphatic heterocycles. The number of aliphatic hydroxyl groups excluding tert-OH is 1. The van der Waals surface area contributed by atoms with Crippen LogP contribution in [0.25, 0.3) is 0 Å². The number of ether oxygens (including phenoxy) is 2. The van der Waals surface area contributed by atoms with Gasteiger partial charge in [0, 0.05) is 6.54 Å². The summed E-state index contributed by atoms with van der Waals surface area (Å²) in [6.07, 6.45) is -0.712. The third-order valence-corrected chi connectivity index (χ3v) is 8.80. The molecule has 286 valence electrons. The number of carbonyl (C=O) groups excluding carboxylic acids is 6. The fraction of sp³-hybridized carbons (Fsp3) is 0.667. The molecule has 2 unspecified atom stereocenters. The van der Waals surface area contributed by atoms with E-state index in [0.717, 1.165) is 5.56 Å². The number of nitrogens with one attached hydrogen (secondary N) is 4. The van der Waals surface area contributed by atoms with Crippen molar-refractivity contribution in [2.45, 2.75) is 122 Å². The van der Waals surface area contributed by atoms with Gasteiger partial charge >= 0.3 is 12.1 Å². The summed E-state index contributed by atoms with van der Waals surface area (Å²) in [4.78, 5) is 79.1. The molecule has 0 spiro atoms. The van der Waals surface area contributed by atoms with Crippen molar-refractivity contribution < 1.29 is 43.3 Å². The van der Waals surface area contributed by atoms with Crippen LogP contribution in [0.5, 0.6) is 0 Å². The van der Waals surface area contributed by atoms with Gasteiger partial charge in [0.25, 0.3) is 0 Å². The summed E-state index contributed by atoms with van der Waals surface area (Å²) in [7, 11) is 1.25.